The number of carbonyl (C=O) groups excluding carboxylic acids is 1. The van der Waals surface area contributed by atoms with E-state index in [2.05, 4.69) is 4.90 Å². The van der Waals surface area contributed by atoms with E-state index >= 15 is 0 Å². The maximum absolute atomic E-state index is 11.2. The van der Waals surface area contributed by atoms with Gasteiger partial charge in [-0.3, -0.25) is 4.79 Å². The molecule has 4 heteroatoms. The van der Waals surface area contributed by atoms with Crippen molar-refractivity contribution in [1.82, 2.24) is 9.80 Å². The lowest BCUT2D eigenvalue weighted by atomic mass is 9.96. The minimum Gasteiger partial charge on any atom is -0.385 e. The third kappa shape index (κ3) is 5.50. The zero-order valence-electron chi connectivity index (χ0n) is 11.4. The molecule has 1 rings (SSSR count). The van der Waals surface area contributed by atoms with Crippen molar-refractivity contribution < 1.29 is 9.53 Å². The Morgan fingerprint density at radius 2 is 2.06 bits per heavy atom. The van der Waals surface area contributed by atoms with Crippen LogP contribution in [-0.4, -0.2) is 62.7 Å². The first-order chi connectivity index (χ1) is 8.13. The predicted octanol–water partition coefficient (Wildman–Crippen LogP) is 1.21. The number of likely N-dealkylation sites (tertiary alicyclic amines) is 1. The second kappa shape index (κ2) is 7.67. The van der Waals surface area contributed by atoms with E-state index in [-0.39, 0.29) is 5.91 Å². The van der Waals surface area contributed by atoms with E-state index < -0.39 is 0 Å². The van der Waals surface area contributed by atoms with E-state index in [1.165, 1.54) is 25.9 Å². The van der Waals surface area contributed by atoms with Gasteiger partial charge in [-0.05, 0) is 38.3 Å². The van der Waals surface area contributed by atoms with Crippen molar-refractivity contribution in [2.24, 2.45) is 5.92 Å². The summed E-state index contributed by atoms with van der Waals surface area (Å²) in [4.78, 5) is 15.5. The summed E-state index contributed by atoms with van der Waals surface area (Å²) in [6, 6.07) is 0. The number of piperidine rings is 1. The Labute approximate surface area is 105 Å². The van der Waals surface area contributed by atoms with E-state index in [4.69, 9.17) is 4.74 Å². The number of hydrogen-bond donors (Lipinski definition) is 0. The highest BCUT2D eigenvalue weighted by molar-refractivity contribution is 5.72. The molecule has 0 unspecified atom stereocenters. The number of hydrogen-bond acceptors (Lipinski definition) is 3. The Hall–Kier alpha value is -0.610. The third-order valence-electron chi connectivity index (χ3n) is 3.60. The van der Waals surface area contributed by atoms with E-state index in [1.54, 1.807) is 14.0 Å². The molecule has 100 valence electrons. The Morgan fingerprint density at radius 3 is 2.59 bits per heavy atom. The number of ether oxygens (including phenoxy) is 1. The summed E-state index contributed by atoms with van der Waals surface area (Å²) in [7, 11) is 3.65. The Balaban J connectivity index is 2.15. The molecule has 1 fully saturated rings. The van der Waals surface area contributed by atoms with Gasteiger partial charge >= 0.3 is 0 Å². The molecule has 0 aromatic heterocycles. The Morgan fingerprint density at radius 1 is 1.41 bits per heavy atom. The number of methoxy groups -OCH3 is 1. The number of amides is 1. The lowest BCUT2D eigenvalue weighted by molar-refractivity contribution is -0.128. The van der Waals surface area contributed by atoms with Crippen LogP contribution in [0, 0.1) is 5.92 Å². The molecule has 0 aromatic carbocycles. The first-order valence-electron chi connectivity index (χ1n) is 6.56. The van der Waals surface area contributed by atoms with Crippen LogP contribution in [0.25, 0.3) is 0 Å². The Kier molecular flexibility index (Phi) is 6.52. The lowest BCUT2D eigenvalue weighted by Gasteiger charge is -2.33. The molecule has 0 saturated carbocycles. The van der Waals surface area contributed by atoms with Gasteiger partial charge in [0.25, 0.3) is 0 Å². The minimum atomic E-state index is 0.174. The molecule has 0 spiro atoms. The summed E-state index contributed by atoms with van der Waals surface area (Å²) in [5.74, 6) is 0.857. The van der Waals surface area contributed by atoms with Crippen molar-refractivity contribution in [2.75, 3.05) is 46.9 Å². The average molecular weight is 242 g/mol. The monoisotopic (exact) mass is 242 g/mol. The van der Waals surface area contributed by atoms with Crippen molar-refractivity contribution in [2.45, 2.75) is 26.2 Å². The van der Waals surface area contributed by atoms with Crippen molar-refractivity contribution in [3.05, 3.63) is 0 Å². The second-order valence-corrected chi connectivity index (χ2v) is 5.03. The van der Waals surface area contributed by atoms with E-state index in [9.17, 15) is 4.79 Å². The van der Waals surface area contributed by atoms with Gasteiger partial charge in [0.15, 0.2) is 0 Å². The molecule has 0 N–H and O–H groups in total. The molecule has 0 aromatic rings. The van der Waals surface area contributed by atoms with Gasteiger partial charge in [0.05, 0.1) is 0 Å². The topological polar surface area (TPSA) is 32.8 Å². The van der Waals surface area contributed by atoms with Crippen LogP contribution in [0.1, 0.15) is 26.2 Å². The van der Waals surface area contributed by atoms with Crippen molar-refractivity contribution >= 4 is 5.91 Å². The molecule has 1 aliphatic heterocycles. The van der Waals surface area contributed by atoms with Gasteiger partial charge in [-0.25, -0.2) is 0 Å². The highest BCUT2D eigenvalue weighted by atomic mass is 16.5. The molecule has 17 heavy (non-hydrogen) atoms. The van der Waals surface area contributed by atoms with Crippen LogP contribution in [0.4, 0.5) is 0 Å². The van der Waals surface area contributed by atoms with Gasteiger partial charge in [0.2, 0.25) is 5.91 Å². The zero-order chi connectivity index (χ0) is 12.7. The first-order valence-corrected chi connectivity index (χ1v) is 6.56. The quantitative estimate of drug-likeness (QED) is 0.656. The highest BCUT2D eigenvalue weighted by Gasteiger charge is 2.20. The predicted molar refractivity (Wildman–Crippen MR) is 69.0 cm³/mol. The number of carbonyl (C=O) groups is 1. The fourth-order valence-corrected chi connectivity index (χ4v) is 2.34. The number of rotatable bonds is 6. The van der Waals surface area contributed by atoms with E-state index in [0.717, 1.165) is 26.1 Å². The third-order valence-corrected chi connectivity index (χ3v) is 3.60. The lowest BCUT2D eigenvalue weighted by Crippen LogP contribution is -2.39. The largest absolute Gasteiger partial charge is 0.385 e. The smallest absolute Gasteiger partial charge is 0.219 e. The first kappa shape index (κ1) is 14.5. The van der Waals surface area contributed by atoms with Crippen LogP contribution >= 0.6 is 0 Å². The molecule has 0 bridgehead atoms. The van der Waals surface area contributed by atoms with Gasteiger partial charge in [0.1, 0.15) is 0 Å². The van der Waals surface area contributed by atoms with Crippen LogP contribution in [0.3, 0.4) is 0 Å². The SMILES string of the molecule is COCCCN1CCC(CN(C)C(C)=O)CC1. The number of nitrogens with zero attached hydrogens (tertiary/aromatic N) is 2. The van der Waals surface area contributed by atoms with Crippen LogP contribution in [0.5, 0.6) is 0 Å². The van der Waals surface area contributed by atoms with Gasteiger partial charge < -0.3 is 14.5 Å². The Bertz CT molecular complexity index is 225. The molecule has 0 aliphatic carbocycles. The summed E-state index contributed by atoms with van der Waals surface area (Å²) < 4.78 is 5.06. The van der Waals surface area contributed by atoms with Gasteiger partial charge in [-0.15, -0.1) is 0 Å². The molecule has 0 atom stereocenters. The van der Waals surface area contributed by atoms with Gasteiger partial charge in [0, 0.05) is 40.8 Å². The van der Waals surface area contributed by atoms with E-state index in [1.807, 2.05) is 11.9 Å². The summed E-state index contributed by atoms with van der Waals surface area (Å²) in [5.41, 5.74) is 0. The van der Waals surface area contributed by atoms with Crippen LogP contribution in [0.15, 0.2) is 0 Å². The summed E-state index contributed by atoms with van der Waals surface area (Å²) >= 11 is 0. The van der Waals surface area contributed by atoms with Crippen molar-refractivity contribution in [3.8, 4) is 0 Å². The molecule has 4 nitrogen and oxygen atoms in total. The molecule has 1 saturated heterocycles. The highest BCUT2D eigenvalue weighted by Crippen LogP contribution is 2.18. The summed E-state index contributed by atoms with van der Waals surface area (Å²) in [6.45, 7) is 6.89. The second-order valence-electron chi connectivity index (χ2n) is 5.03. The van der Waals surface area contributed by atoms with Crippen LogP contribution in [0.2, 0.25) is 0 Å². The maximum Gasteiger partial charge on any atom is 0.219 e. The molecular formula is C13H26N2O2. The minimum absolute atomic E-state index is 0.174. The molecule has 1 aliphatic rings. The van der Waals surface area contributed by atoms with Crippen LogP contribution < -0.4 is 0 Å². The fraction of sp³-hybridized carbons (Fsp3) is 0.923. The molecule has 1 heterocycles. The summed E-state index contributed by atoms with van der Waals surface area (Å²) in [6.07, 6.45) is 3.55. The summed E-state index contributed by atoms with van der Waals surface area (Å²) in [5, 5.41) is 0. The average Bonchev–Trinajstić information content (AvgIpc) is 2.31. The molecule has 1 amide bonds. The van der Waals surface area contributed by atoms with Gasteiger partial charge in [-0.1, -0.05) is 0 Å². The van der Waals surface area contributed by atoms with Crippen molar-refractivity contribution in [1.29, 1.82) is 0 Å². The normalized spacial score (nSPS) is 18.3. The molecular weight excluding hydrogens is 216 g/mol. The fourth-order valence-electron chi connectivity index (χ4n) is 2.34. The van der Waals surface area contributed by atoms with Crippen LogP contribution in [-0.2, 0) is 9.53 Å². The molecule has 0 radical (unpaired) electrons. The van der Waals surface area contributed by atoms with E-state index in [0.29, 0.717) is 5.92 Å². The van der Waals surface area contributed by atoms with Gasteiger partial charge in [-0.2, -0.15) is 0 Å². The zero-order valence-corrected chi connectivity index (χ0v) is 11.4. The van der Waals surface area contributed by atoms with Crippen molar-refractivity contribution in [3.63, 3.8) is 0 Å². The standard InChI is InChI=1S/C13H26N2O2/c1-12(16)14(2)11-13-5-8-15(9-6-13)7-4-10-17-3/h13H,4-11H2,1-3H3. The maximum atomic E-state index is 11.2.